The topological polar surface area (TPSA) is 140 Å². The van der Waals surface area contributed by atoms with Gasteiger partial charge in [-0.25, -0.2) is 17.9 Å². The van der Waals surface area contributed by atoms with Gasteiger partial charge in [0.1, 0.15) is 11.3 Å². The molecule has 5 atom stereocenters. The van der Waals surface area contributed by atoms with Crippen molar-refractivity contribution in [2.24, 2.45) is 17.3 Å². The Bertz CT molecular complexity index is 1140. The molecule has 36 heavy (non-hydrogen) atoms. The molecule has 3 saturated carbocycles. The lowest BCUT2D eigenvalue weighted by Crippen LogP contribution is -2.65. The number of benzene rings is 1. The van der Waals surface area contributed by atoms with Gasteiger partial charge in [-0.2, -0.15) is 0 Å². The van der Waals surface area contributed by atoms with Crippen LogP contribution in [0.15, 0.2) is 18.2 Å². The Morgan fingerprint density at radius 2 is 2.00 bits per heavy atom. The number of para-hydroxylation sites is 1. The Hall–Kier alpha value is -2.15. The van der Waals surface area contributed by atoms with Gasteiger partial charge in [-0.1, -0.05) is 26.0 Å². The highest BCUT2D eigenvalue weighted by Crippen LogP contribution is 2.65. The van der Waals surface area contributed by atoms with Gasteiger partial charge >= 0.3 is 13.1 Å². The van der Waals surface area contributed by atoms with Crippen molar-refractivity contribution in [1.29, 1.82) is 0 Å². The van der Waals surface area contributed by atoms with Crippen LogP contribution in [0.25, 0.3) is 0 Å². The fourth-order valence-corrected chi connectivity index (χ4v) is 6.94. The first-order valence-electron chi connectivity index (χ1n) is 12.3. The van der Waals surface area contributed by atoms with E-state index >= 15 is 0 Å². The molecule has 0 spiro atoms. The van der Waals surface area contributed by atoms with Crippen LogP contribution in [0.5, 0.6) is 5.75 Å². The molecule has 4 aliphatic rings. The van der Waals surface area contributed by atoms with Crippen LogP contribution in [0.3, 0.4) is 0 Å². The molecule has 0 aromatic heterocycles. The molecule has 3 N–H and O–H groups in total. The van der Waals surface area contributed by atoms with Gasteiger partial charge < -0.3 is 24.5 Å². The summed E-state index contributed by atoms with van der Waals surface area (Å²) in [5.74, 6) is -1.56. The van der Waals surface area contributed by atoms with E-state index in [-0.39, 0.29) is 41.4 Å². The number of amides is 1. The zero-order valence-electron chi connectivity index (χ0n) is 21.4. The van der Waals surface area contributed by atoms with Crippen molar-refractivity contribution in [3.8, 4) is 5.75 Å². The Balaban J connectivity index is 1.59. The number of sulfonamides is 1. The highest BCUT2D eigenvalue weighted by molar-refractivity contribution is 7.89. The SMILES string of the molecule is CNS(=O)(=O)CCC(=O)NC(Cc1cccc(C(=O)O)c1OC)B1OC2CC3CC(C3(C)C)C2(C)O1. The molecule has 1 amide bonds. The van der Waals surface area contributed by atoms with E-state index in [1.165, 1.54) is 20.2 Å². The molecular formula is C24H35BN2O8S. The highest BCUT2D eigenvalue weighted by Gasteiger charge is 2.68. The zero-order valence-corrected chi connectivity index (χ0v) is 22.2. The number of hydrogen-bond acceptors (Lipinski definition) is 7. The van der Waals surface area contributed by atoms with Gasteiger partial charge in [-0.3, -0.25) is 4.79 Å². The molecule has 4 fully saturated rings. The van der Waals surface area contributed by atoms with Crippen LogP contribution in [0.4, 0.5) is 0 Å². The van der Waals surface area contributed by atoms with Crippen LogP contribution in [0, 0.1) is 17.3 Å². The summed E-state index contributed by atoms with van der Waals surface area (Å²) in [6.45, 7) is 6.59. The molecule has 10 nitrogen and oxygen atoms in total. The number of methoxy groups -OCH3 is 1. The van der Waals surface area contributed by atoms with Crippen LogP contribution in [0.1, 0.15) is 56.0 Å². The summed E-state index contributed by atoms with van der Waals surface area (Å²) >= 11 is 0. The van der Waals surface area contributed by atoms with Gasteiger partial charge in [-0.05, 0) is 62.1 Å². The summed E-state index contributed by atoms with van der Waals surface area (Å²) in [5.41, 5.74) is 0.219. The number of rotatable bonds is 10. The average molecular weight is 522 g/mol. The van der Waals surface area contributed by atoms with Gasteiger partial charge in [0.05, 0.1) is 30.5 Å². The van der Waals surface area contributed by atoms with E-state index in [9.17, 15) is 23.1 Å². The molecule has 2 bridgehead atoms. The molecule has 1 heterocycles. The van der Waals surface area contributed by atoms with E-state index in [0.29, 0.717) is 17.4 Å². The largest absolute Gasteiger partial charge is 0.496 e. The molecule has 5 unspecified atom stereocenters. The number of carbonyl (C=O) groups is 2. The van der Waals surface area contributed by atoms with Crippen molar-refractivity contribution >= 4 is 29.0 Å². The lowest BCUT2D eigenvalue weighted by molar-refractivity contribution is -0.199. The summed E-state index contributed by atoms with van der Waals surface area (Å²) in [7, 11) is -1.64. The van der Waals surface area contributed by atoms with Crippen LogP contribution >= 0.6 is 0 Å². The second kappa shape index (κ2) is 9.62. The number of nitrogens with one attached hydrogen (secondary N) is 2. The quantitative estimate of drug-likeness (QED) is 0.394. The van der Waals surface area contributed by atoms with Crippen LogP contribution in [0.2, 0.25) is 0 Å². The van der Waals surface area contributed by atoms with Crippen LogP contribution < -0.4 is 14.8 Å². The predicted octanol–water partition coefficient (Wildman–Crippen LogP) is 1.63. The Morgan fingerprint density at radius 1 is 1.28 bits per heavy atom. The standard InChI is InChI=1S/C24H35BN2O8S/c1-23(2)15-12-17(23)24(3)18(13-15)34-25(35-24)19(27-20(28)9-10-36(31,32)26-4)11-14-7-6-8-16(22(29)30)21(14)33-5/h6-8,15,17-19,26H,9-13H2,1-5H3,(H,27,28)(H,29,30). The number of carboxylic acid groups (broad SMARTS) is 1. The number of aromatic carboxylic acids is 1. The van der Waals surface area contributed by atoms with E-state index < -0.39 is 40.6 Å². The highest BCUT2D eigenvalue weighted by atomic mass is 32.2. The molecule has 1 aromatic carbocycles. The average Bonchev–Trinajstić information content (AvgIpc) is 3.19. The van der Waals surface area contributed by atoms with Crippen molar-refractivity contribution in [3.63, 3.8) is 0 Å². The first-order valence-corrected chi connectivity index (χ1v) is 13.9. The molecule has 1 aliphatic heterocycles. The summed E-state index contributed by atoms with van der Waals surface area (Å²) in [4.78, 5) is 24.5. The second-order valence-corrected chi connectivity index (χ2v) is 12.8. The molecule has 12 heteroatoms. The maximum absolute atomic E-state index is 12.8. The monoisotopic (exact) mass is 522 g/mol. The third-order valence-corrected chi connectivity index (χ3v) is 9.89. The van der Waals surface area contributed by atoms with E-state index in [4.69, 9.17) is 14.0 Å². The maximum Gasteiger partial charge on any atom is 0.482 e. The van der Waals surface area contributed by atoms with E-state index in [1.807, 2.05) is 0 Å². The first kappa shape index (κ1) is 26.9. The Morgan fingerprint density at radius 3 is 2.61 bits per heavy atom. The maximum atomic E-state index is 12.8. The number of hydrogen-bond donors (Lipinski definition) is 3. The molecule has 0 radical (unpaired) electrons. The lowest BCUT2D eigenvalue weighted by atomic mass is 9.43. The second-order valence-electron chi connectivity index (χ2n) is 10.8. The third kappa shape index (κ3) is 4.76. The minimum absolute atomic E-state index is 0.0108. The lowest BCUT2D eigenvalue weighted by Gasteiger charge is -2.64. The van der Waals surface area contributed by atoms with Crippen LogP contribution in [-0.2, 0) is 30.5 Å². The van der Waals surface area contributed by atoms with E-state index in [0.717, 1.165) is 12.8 Å². The van der Waals surface area contributed by atoms with Gasteiger partial charge in [0, 0.05) is 6.42 Å². The van der Waals surface area contributed by atoms with Gasteiger partial charge in [0.15, 0.2) is 0 Å². The molecule has 1 aromatic rings. The van der Waals surface area contributed by atoms with Crippen LogP contribution in [-0.4, -0.2) is 70.1 Å². The van der Waals surface area contributed by atoms with Crippen molar-refractivity contribution in [1.82, 2.24) is 10.0 Å². The molecule has 1 saturated heterocycles. The zero-order chi connectivity index (χ0) is 26.5. The number of carbonyl (C=O) groups excluding carboxylic acids is 1. The van der Waals surface area contributed by atoms with Gasteiger partial charge in [-0.15, -0.1) is 0 Å². The molecule has 5 rings (SSSR count). The smallest absolute Gasteiger partial charge is 0.482 e. The first-order chi connectivity index (χ1) is 16.8. The summed E-state index contributed by atoms with van der Waals surface area (Å²) < 4.78 is 44.2. The van der Waals surface area contributed by atoms with Gasteiger partial charge in [0.25, 0.3) is 0 Å². The van der Waals surface area contributed by atoms with Gasteiger partial charge in [0.2, 0.25) is 15.9 Å². The van der Waals surface area contributed by atoms with E-state index in [2.05, 4.69) is 30.8 Å². The molecule has 3 aliphatic carbocycles. The van der Waals surface area contributed by atoms with Crippen molar-refractivity contribution in [2.75, 3.05) is 19.9 Å². The minimum Gasteiger partial charge on any atom is -0.496 e. The number of ether oxygens (including phenoxy) is 1. The van der Waals surface area contributed by atoms with Crippen molar-refractivity contribution in [3.05, 3.63) is 29.3 Å². The Labute approximate surface area is 212 Å². The Kier molecular flexibility index (Phi) is 7.19. The predicted molar refractivity (Wildman–Crippen MR) is 133 cm³/mol. The van der Waals surface area contributed by atoms with E-state index in [1.54, 1.807) is 12.1 Å². The van der Waals surface area contributed by atoms with Crippen molar-refractivity contribution < 1.29 is 37.2 Å². The molecule has 198 valence electrons. The number of carboxylic acids is 1. The fraction of sp³-hybridized carbons (Fsp3) is 0.667. The fourth-order valence-electron chi connectivity index (χ4n) is 6.29. The summed E-state index contributed by atoms with van der Waals surface area (Å²) in [6.07, 6.45) is 1.77. The third-order valence-electron chi connectivity index (χ3n) is 8.52. The molecular weight excluding hydrogens is 487 g/mol. The minimum atomic E-state index is -3.55. The normalized spacial score (nSPS) is 29.1. The van der Waals surface area contributed by atoms with Crippen molar-refractivity contribution in [2.45, 2.75) is 64.1 Å². The summed E-state index contributed by atoms with van der Waals surface area (Å²) in [6, 6.07) is 4.81. The summed E-state index contributed by atoms with van der Waals surface area (Å²) in [5, 5.41) is 12.5.